The van der Waals surface area contributed by atoms with E-state index in [1.165, 1.54) is 23.1 Å². The number of carbonyl (C=O) groups is 3. The number of carbonyl (C=O) groups excluding carboxylic acids is 3. The van der Waals surface area contributed by atoms with Gasteiger partial charge in [-0.3, -0.25) is 9.59 Å². The zero-order valence-electron chi connectivity index (χ0n) is 26.7. The van der Waals surface area contributed by atoms with E-state index in [9.17, 15) is 24.6 Å². The van der Waals surface area contributed by atoms with E-state index in [1.807, 2.05) is 13.8 Å². The maximum atomic E-state index is 14.5. The number of nitrogens with one attached hydrogen (secondary N) is 2. The molecule has 0 heterocycles. The summed E-state index contributed by atoms with van der Waals surface area (Å²) in [4.78, 5) is 42.9. The fourth-order valence-corrected chi connectivity index (χ4v) is 4.97. The van der Waals surface area contributed by atoms with Gasteiger partial charge < -0.3 is 30.5 Å². The predicted molar refractivity (Wildman–Crippen MR) is 169 cm³/mol. The lowest BCUT2D eigenvalue weighted by Crippen LogP contribution is -2.54. The molecular weight excluding hydrogens is 546 g/mol. The summed E-state index contributed by atoms with van der Waals surface area (Å²) in [6.07, 6.45) is 5.61. The van der Waals surface area contributed by atoms with Gasteiger partial charge in [-0.2, -0.15) is 0 Å². The average molecular weight is 598 g/mol. The lowest BCUT2D eigenvalue weighted by atomic mass is 9.98. The van der Waals surface area contributed by atoms with Gasteiger partial charge in [0.05, 0.1) is 0 Å². The fraction of sp³-hybridized carbons (Fsp3) is 0.559. The van der Waals surface area contributed by atoms with Crippen LogP contribution < -0.4 is 10.6 Å². The molecule has 0 saturated heterocycles. The van der Waals surface area contributed by atoms with Gasteiger partial charge in [0.25, 0.3) is 0 Å². The van der Waals surface area contributed by atoms with Gasteiger partial charge in [-0.1, -0.05) is 76.3 Å². The highest BCUT2D eigenvalue weighted by Crippen LogP contribution is 2.31. The molecule has 2 rings (SSSR count). The molecule has 3 unspecified atom stereocenters. The summed E-state index contributed by atoms with van der Waals surface area (Å²) in [5.74, 6) is -0.881. The van der Waals surface area contributed by atoms with Gasteiger partial charge in [0, 0.05) is 24.6 Å². The van der Waals surface area contributed by atoms with Crippen LogP contribution in [0.15, 0.2) is 48.5 Å². The first-order valence-electron chi connectivity index (χ1n) is 15.5. The van der Waals surface area contributed by atoms with Crippen molar-refractivity contribution in [2.75, 3.05) is 6.54 Å². The van der Waals surface area contributed by atoms with Gasteiger partial charge in [0.1, 0.15) is 29.2 Å². The number of ether oxygens (including phenoxy) is 1. The van der Waals surface area contributed by atoms with Gasteiger partial charge in [0.2, 0.25) is 11.8 Å². The van der Waals surface area contributed by atoms with Crippen molar-refractivity contribution in [3.8, 4) is 11.5 Å². The quantitative estimate of drug-likeness (QED) is 0.166. The van der Waals surface area contributed by atoms with Crippen LogP contribution in [-0.4, -0.2) is 57.3 Å². The molecule has 9 nitrogen and oxygen atoms in total. The third kappa shape index (κ3) is 12.2. The molecule has 4 N–H and O–H groups in total. The molecule has 0 spiro atoms. The fourth-order valence-electron chi connectivity index (χ4n) is 4.97. The molecule has 2 aromatic rings. The molecule has 0 aromatic heterocycles. The second-order valence-electron chi connectivity index (χ2n) is 12.2. The highest BCUT2D eigenvalue weighted by atomic mass is 16.6. The summed E-state index contributed by atoms with van der Waals surface area (Å²) in [7, 11) is 0. The molecule has 0 bridgehead atoms. The van der Waals surface area contributed by atoms with Crippen molar-refractivity contribution >= 4 is 17.9 Å². The monoisotopic (exact) mass is 597 g/mol. The van der Waals surface area contributed by atoms with E-state index >= 15 is 0 Å². The summed E-state index contributed by atoms with van der Waals surface area (Å²) in [6, 6.07) is 10.6. The Morgan fingerprint density at radius 1 is 0.884 bits per heavy atom. The Morgan fingerprint density at radius 2 is 1.53 bits per heavy atom. The number of phenolic OH excluding ortho intramolecular Hbond substituents is 2. The molecule has 0 fully saturated rings. The molecule has 9 heteroatoms. The number of hydrogen-bond acceptors (Lipinski definition) is 6. The van der Waals surface area contributed by atoms with Crippen molar-refractivity contribution in [1.82, 2.24) is 15.5 Å². The zero-order chi connectivity index (χ0) is 32.0. The van der Waals surface area contributed by atoms with Crippen molar-refractivity contribution < 1.29 is 29.3 Å². The van der Waals surface area contributed by atoms with Crippen molar-refractivity contribution in [3.05, 3.63) is 59.7 Å². The lowest BCUT2D eigenvalue weighted by Gasteiger charge is -2.35. The van der Waals surface area contributed by atoms with Crippen LogP contribution in [0.25, 0.3) is 0 Å². The minimum atomic E-state index is -1.12. The highest BCUT2D eigenvalue weighted by molar-refractivity contribution is 5.92. The van der Waals surface area contributed by atoms with E-state index in [-0.39, 0.29) is 30.5 Å². The molecule has 0 aliphatic rings. The third-order valence-corrected chi connectivity index (χ3v) is 7.05. The number of alkyl carbamates (subject to hydrolysis) is 1. The standard InChI is InChI=1S/C34H51N3O6/c1-7-9-10-11-14-22-37(30(27-16-12-13-17-29(27)39)31(40)35-24(3)15-8-2)32(41)28(36-33(42)43-34(4,5)6)23-25-18-20-26(38)21-19-25/h12-13,16-21,24,28,30,38-39H,7-11,14-15,22-23H2,1-6H3,(H,35,40)(H,36,42). The average Bonchev–Trinajstić information content (AvgIpc) is 2.92. The Hall–Kier alpha value is -3.75. The molecular formula is C34H51N3O6. The van der Waals surface area contributed by atoms with Gasteiger partial charge >= 0.3 is 6.09 Å². The molecule has 238 valence electrons. The van der Waals surface area contributed by atoms with Crippen LogP contribution in [0, 0.1) is 0 Å². The van der Waals surface area contributed by atoms with Crippen molar-refractivity contribution in [1.29, 1.82) is 0 Å². The number of benzene rings is 2. The maximum absolute atomic E-state index is 14.5. The smallest absolute Gasteiger partial charge is 0.408 e. The van der Waals surface area contributed by atoms with Crippen molar-refractivity contribution in [2.45, 2.75) is 117 Å². The predicted octanol–water partition coefficient (Wildman–Crippen LogP) is 6.38. The van der Waals surface area contributed by atoms with Crippen LogP contribution >= 0.6 is 0 Å². The number of para-hydroxylation sites is 1. The Morgan fingerprint density at radius 3 is 2.14 bits per heavy atom. The molecule has 3 amide bonds. The number of aromatic hydroxyl groups is 2. The van der Waals surface area contributed by atoms with Gasteiger partial charge in [-0.25, -0.2) is 4.79 Å². The van der Waals surface area contributed by atoms with E-state index in [1.54, 1.807) is 51.1 Å². The molecule has 0 aliphatic heterocycles. The van der Waals surface area contributed by atoms with E-state index in [4.69, 9.17) is 4.74 Å². The van der Waals surface area contributed by atoms with Gasteiger partial charge in [0.15, 0.2) is 0 Å². The lowest BCUT2D eigenvalue weighted by molar-refractivity contribution is -0.143. The number of phenols is 2. The SMILES string of the molecule is CCCCCCCN(C(=O)C(Cc1ccc(O)cc1)NC(=O)OC(C)(C)C)C(C(=O)NC(C)CCC)c1ccccc1O. The minimum Gasteiger partial charge on any atom is -0.508 e. The van der Waals surface area contributed by atoms with E-state index in [2.05, 4.69) is 17.6 Å². The Bertz CT molecular complexity index is 1160. The molecule has 43 heavy (non-hydrogen) atoms. The van der Waals surface area contributed by atoms with Crippen LogP contribution in [0.3, 0.4) is 0 Å². The Balaban J connectivity index is 2.57. The number of rotatable bonds is 16. The number of nitrogens with zero attached hydrogens (tertiary/aromatic N) is 1. The number of unbranched alkanes of at least 4 members (excludes halogenated alkanes) is 4. The van der Waals surface area contributed by atoms with Gasteiger partial charge in [-0.05, 0) is 64.3 Å². The number of hydrogen-bond donors (Lipinski definition) is 4. The second-order valence-corrected chi connectivity index (χ2v) is 12.2. The van der Waals surface area contributed by atoms with Crippen molar-refractivity contribution in [2.24, 2.45) is 0 Å². The Kier molecular flexibility index (Phi) is 14.3. The van der Waals surface area contributed by atoms with Crippen LogP contribution in [0.5, 0.6) is 11.5 Å². The van der Waals surface area contributed by atoms with E-state index < -0.39 is 35.6 Å². The largest absolute Gasteiger partial charge is 0.508 e. The van der Waals surface area contributed by atoms with Crippen LogP contribution in [0.4, 0.5) is 4.79 Å². The van der Waals surface area contributed by atoms with Crippen LogP contribution in [0.1, 0.15) is 104 Å². The first-order valence-corrected chi connectivity index (χ1v) is 15.5. The minimum absolute atomic E-state index is 0.0814. The second kappa shape index (κ2) is 17.4. The molecule has 0 saturated carbocycles. The van der Waals surface area contributed by atoms with Crippen LogP contribution in [-0.2, 0) is 20.7 Å². The van der Waals surface area contributed by atoms with Gasteiger partial charge in [-0.15, -0.1) is 0 Å². The van der Waals surface area contributed by atoms with E-state index in [0.29, 0.717) is 17.5 Å². The van der Waals surface area contributed by atoms with Crippen LogP contribution in [0.2, 0.25) is 0 Å². The zero-order valence-corrected chi connectivity index (χ0v) is 26.7. The molecule has 3 atom stereocenters. The molecule has 0 aliphatic carbocycles. The summed E-state index contributed by atoms with van der Waals surface area (Å²) in [5, 5.41) is 26.4. The topological polar surface area (TPSA) is 128 Å². The maximum Gasteiger partial charge on any atom is 0.408 e. The van der Waals surface area contributed by atoms with Crippen molar-refractivity contribution in [3.63, 3.8) is 0 Å². The summed E-state index contributed by atoms with van der Waals surface area (Å²) >= 11 is 0. The summed E-state index contributed by atoms with van der Waals surface area (Å²) < 4.78 is 5.49. The molecule has 2 aromatic carbocycles. The first-order chi connectivity index (χ1) is 20.4. The third-order valence-electron chi connectivity index (χ3n) is 7.05. The van der Waals surface area contributed by atoms with E-state index in [0.717, 1.165) is 38.5 Å². The number of amides is 3. The molecule has 0 radical (unpaired) electrons. The summed E-state index contributed by atoms with van der Waals surface area (Å²) in [6.45, 7) is 11.5. The summed E-state index contributed by atoms with van der Waals surface area (Å²) in [5.41, 5.74) is 0.226. The first kappa shape index (κ1) is 35.4. The Labute approximate surface area is 257 Å². The normalized spacial score (nSPS) is 13.4. The highest BCUT2D eigenvalue weighted by Gasteiger charge is 2.37.